The first-order chi connectivity index (χ1) is 8.17. The average Bonchev–Trinajstić information content (AvgIpc) is 2.30. The molecule has 1 rings (SSSR count). The van der Waals surface area contributed by atoms with Crippen molar-refractivity contribution in [3.05, 3.63) is 35.6 Å². The van der Waals surface area contributed by atoms with Crippen LogP contribution in [0.3, 0.4) is 0 Å². The van der Waals surface area contributed by atoms with Crippen LogP contribution in [0.4, 0.5) is 4.39 Å². The maximum atomic E-state index is 12.8. The maximum absolute atomic E-state index is 12.8. The molecule has 1 unspecified atom stereocenters. The molecule has 0 spiro atoms. The Labute approximate surface area is 101 Å². The molecule has 0 aliphatic rings. The predicted octanol–water partition coefficient (Wildman–Crippen LogP) is 2.78. The van der Waals surface area contributed by atoms with E-state index in [0.717, 1.165) is 18.4 Å². The summed E-state index contributed by atoms with van der Waals surface area (Å²) < 4.78 is 12.8. The van der Waals surface area contributed by atoms with Crippen molar-refractivity contribution in [2.24, 2.45) is 0 Å². The van der Waals surface area contributed by atoms with Gasteiger partial charge >= 0.3 is 0 Å². The zero-order valence-electron chi connectivity index (χ0n) is 10.2. The highest BCUT2D eigenvalue weighted by Crippen LogP contribution is 2.25. The summed E-state index contributed by atoms with van der Waals surface area (Å²) >= 11 is 0. The molecule has 0 saturated carbocycles. The zero-order chi connectivity index (χ0) is 12.7. The Hall–Kier alpha value is -1.42. The molecule has 0 radical (unpaired) electrons. The lowest BCUT2D eigenvalue weighted by molar-refractivity contribution is -0.131. The summed E-state index contributed by atoms with van der Waals surface area (Å²) in [5.41, 5.74) is 3.29. The van der Waals surface area contributed by atoms with Crippen LogP contribution in [-0.4, -0.2) is 13.0 Å². The standard InChI is InChI=1S/C13H18FNO2/c1-3-4-11(9-13(16)15-17-2)10-5-7-12(14)8-6-10/h5-8,11H,3-4,9H2,1-2H3,(H,15,16). The molecule has 3 nitrogen and oxygen atoms in total. The molecule has 0 saturated heterocycles. The predicted molar refractivity (Wildman–Crippen MR) is 63.8 cm³/mol. The summed E-state index contributed by atoms with van der Waals surface area (Å²) in [4.78, 5) is 16.0. The first-order valence-corrected chi connectivity index (χ1v) is 5.74. The number of carbonyl (C=O) groups excluding carboxylic acids is 1. The second-order valence-corrected chi connectivity index (χ2v) is 3.97. The number of nitrogens with one attached hydrogen (secondary N) is 1. The number of halogens is 1. The molecule has 0 aromatic heterocycles. The molecule has 4 heteroatoms. The maximum Gasteiger partial charge on any atom is 0.244 e. The minimum absolute atomic E-state index is 0.107. The molecule has 1 aromatic rings. The van der Waals surface area contributed by atoms with Gasteiger partial charge in [-0.25, -0.2) is 9.87 Å². The molecule has 1 N–H and O–H groups in total. The summed E-state index contributed by atoms with van der Waals surface area (Å²) in [5.74, 6) is -0.309. The SMILES string of the molecule is CCCC(CC(=O)NOC)c1ccc(F)cc1. The Morgan fingerprint density at radius 2 is 2.06 bits per heavy atom. The molecule has 1 atom stereocenters. The van der Waals surface area contributed by atoms with Gasteiger partial charge in [-0.3, -0.25) is 9.63 Å². The molecule has 0 aliphatic heterocycles. The lowest BCUT2D eigenvalue weighted by Gasteiger charge is -2.15. The topological polar surface area (TPSA) is 38.3 Å². The van der Waals surface area contributed by atoms with Crippen LogP contribution in [0.25, 0.3) is 0 Å². The average molecular weight is 239 g/mol. The summed E-state index contributed by atoms with van der Waals surface area (Å²) in [5, 5.41) is 0. The van der Waals surface area contributed by atoms with Crippen LogP contribution in [-0.2, 0) is 9.63 Å². The van der Waals surface area contributed by atoms with Crippen LogP contribution in [0.5, 0.6) is 0 Å². The number of benzene rings is 1. The third-order valence-electron chi connectivity index (χ3n) is 2.63. The third-order valence-corrected chi connectivity index (χ3v) is 2.63. The first kappa shape index (κ1) is 13.6. The lowest BCUT2D eigenvalue weighted by atomic mass is 9.91. The van der Waals surface area contributed by atoms with Gasteiger partial charge in [0.2, 0.25) is 5.91 Å². The van der Waals surface area contributed by atoms with Gasteiger partial charge in [-0.15, -0.1) is 0 Å². The molecular formula is C13H18FNO2. The summed E-state index contributed by atoms with van der Waals surface area (Å²) in [6.07, 6.45) is 2.22. The summed E-state index contributed by atoms with van der Waals surface area (Å²) in [7, 11) is 1.41. The van der Waals surface area contributed by atoms with Crippen LogP contribution >= 0.6 is 0 Å². The smallest absolute Gasteiger partial charge is 0.244 e. The number of hydroxylamine groups is 1. The number of hydrogen-bond donors (Lipinski definition) is 1. The van der Waals surface area contributed by atoms with Gasteiger partial charge in [-0.2, -0.15) is 0 Å². The molecule has 0 bridgehead atoms. The fourth-order valence-corrected chi connectivity index (χ4v) is 1.85. The van der Waals surface area contributed by atoms with Crippen molar-refractivity contribution in [3.8, 4) is 0 Å². The third kappa shape index (κ3) is 4.53. The quantitative estimate of drug-likeness (QED) is 0.775. The van der Waals surface area contributed by atoms with E-state index >= 15 is 0 Å². The number of carbonyl (C=O) groups is 1. The molecule has 0 aliphatic carbocycles. The van der Waals surface area contributed by atoms with Gasteiger partial charge in [0.05, 0.1) is 7.11 Å². The van der Waals surface area contributed by atoms with Gasteiger partial charge in [0.1, 0.15) is 5.82 Å². The minimum Gasteiger partial charge on any atom is -0.277 e. The van der Waals surface area contributed by atoms with E-state index in [0.29, 0.717) is 6.42 Å². The Bertz CT molecular complexity index is 351. The highest BCUT2D eigenvalue weighted by atomic mass is 19.1. The van der Waals surface area contributed by atoms with Crippen LogP contribution in [0.1, 0.15) is 37.7 Å². The number of rotatable bonds is 6. The van der Waals surface area contributed by atoms with Crippen molar-refractivity contribution >= 4 is 5.91 Å². The highest BCUT2D eigenvalue weighted by molar-refractivity contribution is 5.75. The normalized spacial score (nSPS) is 12.2. The Kier molecular flexibility index (Phi) is 5.63. The molecule has 0 fully saturated rings. The van der Waals surface area contributed by atoms with Crippen molar-refractivity contribution in [1.82, 2.24) is 5.48 Å². The van der Waals surface area contributed by atoms with Crippen LogP contribution in [0.15, 0.2) is 24.3 Å². The van der Waals surface area contributed by atoms with E-state index in [2.05, 4.69) is 17.2 Å². The zero-order valence-corrected chi connectivity index (χ0v) is 10.2. The Morgan fingerprint density at radius 3 is 2.59 bits per heavy atom. The first-order valence-electron chi connectivity index (χ1n) is 5.74. The van der Waals surface area contributed by atoms with Crippen molar-refractivity contribution in [2.75, 3.05) is 7.11 Å². The van der Waals surface area contributed by atoms with Gasteiger partial charge in [-0.05, 0) is 30.0 Å². The van der Waals surface area contributed by atoms with Crippen LogP contribution in [0.2, 0.25) is 0 Å². The monoisotopic (exact) mass is 239 g/mol. The molecule has 1 amide bonds. The number of hydrogen-bond acceptors (Lipinski definition) is 2. The van der Waals surface area contributed by atoms with E-state index in [1.807, 2.05) is 0 Å². The molecule has 94 valence electrons. The van der Waals surface area contributed by atoms with Crippen molar-refractivity contribution in [3.63, 3.8) is 0 Å². The van der Waals surface area contributed by atoms with Crippen LogP contribution in [0, 0.1) is 5.82 Å². The summed E-state index contributed by atoms with van der Waals surface area (Å²) in [6.45, 7) is 2.06. The largest absolute Gasteiger partial charge is 0.277 e. The second-order valence-electron chi connectivity index (χ2n) is 3.97. The minimum atomic E-state index is -0.259. The van der Waals surface area contributed by atoms with E-state index in [1.54, 1.807) is 12.1 Å². The summed E-state index contributed by atoms with van der Waals surface area (Å²) in [6, 6.07) is 6.31. The van der Waals surface area contributed by atoms with Gasteiger partial charge < -0.3 is 0 Å². The van der Waals surface area contributed by atoms with Gasteiger partial charge in [0.25, 0.3) is 0 Å². The van der Waals surface area contributed by atoms with Crippen molar-refractivity contribution in [2.45, 2.75) is 32.1 Å². The van der Waals surface area contributed by atoms with Gasteiger partial charge in [0.15, 0.2) is 0 Å². The highest BCUT2D eigenvalue weighted by Gasteiger charge is 2.15. The Balaban J connectivity index is 2.71. The van der Waals surface area contributed by atoms with E-state index in [9.17, 15) is 9.18 Å². The van der Waals surface area contributed by atoms with E-state index < -0.39 is 0 Å². The second kappa shape index (κ2) is 7.01. The van der Waals surface area contributed by atoms with E-state index in [1.165, 1.54) is 19.2 Å². The van der Waals surface area contributed by atoms with E-state index in [-0.39, 0.29) is 17.6 Å². The fraction of sp³-hybridized carbons (Fsp3) is 0.462. The van der Waals surface area contributed by atoms with Gasteiger partial charge in [-0.1, -0.05) is 25.5 Å². The van der Waals surface area contributed by atoms with E-state index in [4.69, 9.17) is 0 Å². The van der Waals surface area contributed by atoms with Crippen molar-refractivity contribution < 1.29 is 14.0 Å². The molecule has 0 heterocycles. The van der Waals surface area contributed by atoms with Crippen LogP contribution < -0.4 is 5.48 Å². The van der Waals surface area contributed by atoms with Crippen molar-refractivity contribution in [1.29, 1.82) is 0 Å². The Morgan fingerprint density at radius 1 is 1.41 bits per heavy atom. The molecule has 1 aromatic carbocycles. The fourth-order valence-electron chi connectivity index (χ4n) is 1.85. The molecule has 17 heavy (non-hydrogen) atoms. The lowest BCUT2D eigenvalue weighted by Crippen LogP contribution is -2.23. The molecular weight excluding hydrogens is 221 g/mol. The van der Waals surface area contributed by atoms with Gasteiger partial charge in [0, 0.05) is 6.42 Å². The number of amides is 1.